The molecule has 1 saturated heterocycles. The molecule has 0 unspecified atom stereocenters. The van der Waals surface area contributed by atoms with Crippen molar-refractivity contribution >= 4 is 27.5 Å². The summed E-state index contributed by atoms with van der Waals surface area (Å²) in [6.07, 6.45) is 2.29. The monoisotopic (exact) mass is 349 g/mol. The Bertz CT molecular complexity index is 410. The third kappa shape index (κ3) is 4.71. The molecule has 0 N–H and O–H groups in total. The predicted molar refractivity (Wildman–Crippen MR) is 79.1 cm³/mol. The average molecular weight is 351 g/mol. The lowest BCUT2D eigenvalue weighted by Gasteiger charge is -2.31. The molecule has 19 heavy (non-hydrogen) atoms. The van der Waals surface area contributed by atoms with Gasteiger partial charge in [0, 0.05) is 35.6 Å². The van der Waals surface area contributed by atoms with Gasteiger partial charge >= 0.3 is 0 Å². The Balaban J connectivity index is 1.83. The summed E-state index contributed by atoms with van der Waals surface area (Å²) in [5.74, 6) is 0.410. The highest BCUT2D eigenvalue weighted by Crippen LogP contribution is 2.20. The number of nitrogens with zero attached hydrogens (tertiary/aromatic N) is 1. The highest BCUT2D eigenvalue weighted by atomic mass is 79.9. The van der Waals surface area contributed by atoms with Gasteiger partial charge in [0.25, 0.3) is 0 Å². The Morgan fingerprint density at radius 3 is 2.79 bits per heavy atom. The van der Waals surface area contributed by atoms with Crippen LogP contribution < -0.4 is 0 Å². The number of hydrogen-bond donors (Lipinski definition) is 0. The molecule has 2 rings (SSSR count). The molecular formula is C14H18BrClFNO. The molecule has 0 saturated carbocycles. The first-order chi connectivity index (χ1) is 9.19. The Kier molecular flexibility index (Phi) is 6.07. The van der Waals surface area contributed by atoms with E-state index < -0.39 is 0 Å². The van der Waals surface area contributed by atoms with Crippen molar-refractivity contribution in [3.05, 3.63) is 34.1 Å². The molecule has 1 aliphatic rings. The van der Waals surface area contributed by atoms with E-state index in [0.717, 1.165) is 36.0 Å². The van der Waals surface area contributed by atoms with Crippen molar-refractivity contribution in [2.45, 2.75) is 25.5 Å². The first-order valence-electron chi connectivity index (χ1n) is 6.53. The van der Waals surface area contributed by atoms with Crippen molar-refractivity contribution in [1.29, 1.82) is 0 Å². The normalized spacial score (nSPS) is 17.8. The Morgan fingerprint density at radius 2 is 2.11 bits per heavy atom. The first kappa shape index (κ1) is 15.2. The molecule has 5 heteroatoms. The molecule has 1 fully saturated rings. The minimum atomic E-state index is -0.135. The number of likely N-dealkylation sites (tertiary alicyclic amines) is 1. The van der Waals surface area contributed by atoms with Gasteiger partial charge in [0.15, 0.2) is 0 Å². The maximum absolute atomic E-state index is 13.7. The number of benzene rings is 1. The van der Waals surface area contributed by atoms with Crippen LogP contribution in [0.4, 0.5) is 4.39 Å². The summed E-state index contributed by atoms with van der Waals surface area (Å²) in [5.41, 5.74) is 0.745. The minimum Gasteiger partial charge on any atom is -0.377 e. The summed E-state index contributed by atoms with van der Waals surface area (Å²) in [6.45, 7) is 3.16. The Hall–Kier alpha value is -0.160. The predicted octanol–water partition coefficient (Wildman–Crippen LogP) is 3.81. The molecule has 0 bridgehead atoms. The van der Waals surface area contributed by atoms with Crippen LogP contribution in [0.5, 0.6) is 0 Å². The van der Waals surface area contributed by atoms with Gasteiger partial charge in [-0.2, -0.15) is 0 Å². The summed E-state index contributed by atoms with van der Waals surface area (Å²) in [6, 6.07) is 5.09. The van der Waals surface area contributed by atoms with E-state index in [2.05, 4.69) is 20.8 Å². The fourth-order valence-electron chi connectivity index (χ4n) is 2.35. The van der Waals surface area contributed by atoms with Gasteiger partial charge in [-0.25, -0.2) is 4.39 Å². The largest absolute Gasteiger partial charge is 0.377 e. The number of alkyl halides is 1. The van der Waals surface area contributed by atoms with Crippen molar-refractivity contribution in [2.24, 2.45) is 0 Å². The number of piperidine rings is 1. The van der Waals surface area contributed by atoms with Crippen LogP contribution in [-0.4, -0.2) is 36.6 Å². The molecule has 2 nitrogen and oxygen atoms in total. The van der Waals surface area contributed by atoms with Gasteiger partial charge in [-0.3, -0.25) is 4.90 Å². The average Bonchev–Trinajstić information content (AvgIpc) is 2.42. The molecule has 0 radical (unpaired) electrons. The second kappa shape index (κ2) is 7.58. The van der Waals surface area contributed by atoms with Crippen LogP contribution in [0, 0.1) is 5.82 Å². The fraction of sp³-hybridized carbons (Fsp3) is 0.571. The zero-order chi connectivity index (χ0) is 13.7. The lowest BCUT2D eigenvalue weighted by atomic mass is 10.1. The van der Waals surface area contributed by atoms with Crippen LogP contribution in [-0.2, 0) is 11.3 Å². The van der Waals surface area contributed by atoms with Crippen molar-refractivity contribution in [3.63, 3.8) is 0 Å². The molecule has 0 aliphatic carbocycles. The molecule has 0 atom stereocenters. The van der Waals surface area contributed by atoms with Crippen molar-refractivity contribution in [1.82, 2.24) is 4.90 Å². The number of hydrogen-bond acceptors (Lipinski definition) is 2. The van der Waals surface area contributed by atoms with Gasteiger partial charge in [0.1, 0.15) is 5.82 Å². The highest BCUT2D eigenvalue weighted by Gasteiger charge is 2.20. The molecule has 0 spiro atoms. The fourth-order valence-corrected chi connectivity index (χ4v) is 2.85. The Labute approximate surface area is 127 Å². The van der Waals surface area contributed by atoms with E-state index >= 15 is 0 Å². The third-order valence-electron chi connectivity index (χ3n) is 3.37. The maximum Gasteiger partial charge on any atom is 0.127 e. The van der Waals surface area contributed by atoms with Crippen LogP contribution in [0.3, 0.4) is 0 Å². The molecule has 1 aromatic carbocycles. The van der Waals surface area contributed by atoms with Gasteiger partial charge in [-0.15, -0.1) is 11.6 Å². The van der Waals surface area contributed by atoms with Crippen LogP contribution >= 0.6 is 27.5 Å². The van der Waals surface area contributed by atoms with E-state index in [1.54, 1.807) is 6.07 Å². The van der Waals surface area contributed by atoms with E-state index in [1.807, 2.05) is 6.07 Å². The van der Waals surface area contributed by atoms with E-state index in [9.17, 15) is 4.39 Å². The second-order valence-electron chi connectivity index (χ2n) is 4.77. The number of rotatable bonds is 5. The summed E-state index contributed by atoms with van der Waals surface area (Å²) in [5, 5.41) is 0. The van der Waals surface area contributed by atoms with Crippen molar-refractivity contribution in [2.75, 3.05) is 25.6 Å². The zero-order valence-corrected chi connectivity index (χ0v) is 13.1. The van der Waals surface area contributed by atoms with E-state index in [4.69, 9.17) is 16.3 Å². The quantitative estimate of drug-likeness (QED) is 0.749. The van der Waals surface area contributed by atoms with Crippen LogP contribution in [0.25, 0.3) is 0 Å². The lowest BCUT2D eigenvalue weighted by molar-refractivity contribution is 0.0133. The molecule has 0 amide bonds. The summed E-state index contributed by atoms with van der Waals surface area (Å²) >= 11 is 8.99. The molecule has 1 aromatic rings. The van der Waals surface area contributed by atoms with E-state index in [1.165, 1.54) is 6.07 Å². The molecule has 1 aliphatic heterocycles. The molecule has 1 heterocycles. The van der Waals surface area contributed by atoms with Crippen LogP contribution in [0.2, 0.25) is 0 Å². The number of ether oxygens (including phenoxy) is 1. The molecule has 106 valence electrons. The van der Waals surface area contributed by atoms with Gasteiger partial charge < -0.3 is 4.74 Å². The lowest BCUT2D eigenvalue weighted by Crippen LogP contribution is -2.37. The van der Waals surface area contributed by atoms with E-state index in [-0.39, 0.29) is 5.82 Å². The summed E-state index contributed by atoms with van der Waals surface area (Å²) < 4.78 is 20.2. The number of halogens is 3. The Morgan fingerprint density at radius 1 is 1.37 bits per heavy atom. The van der Waals surface area contributed by atoms with Crippen LogP contribution in [0.15, 0.2) is 22.7 Å². The van der Waals surface area contributed by atoms with Gasteiger partial charge in [0.05, 0.1) is 12.7 Å². The minimum absolute atomic E-state index is 0.135. The smallest absolute Gasteiger partial charge is 0.127 e. The van der Waals surface area contributed by atoms with Gasteiger partial charge in [0.2, 0.25) is 0 Å². The van der Waals surface area contributed by atoms with Gasteiger partial charge in [-0.05, 0) is 31.0 Å². The second-order valence-corrected chi connectivity index (χ2v) is 6.06. The van der Waals surface area contributed by atoms with Crippen molar-refractivity contribution < 1.29 is 9.13 Å². The highest BCUT2D eigenvalue weighted by molar-refractivity contribution is 9.10. The standard InChI is InChI=1S/C14H18BrClFNO/c15-12-1-2-14(17)11(9-12)10-18-6-3-13(4-7-18)19-8-5-16/h1-2,9,13H,3-8,10H2. The SMILES string of the molecule is Fc1ccc(Br)cc1CN1CCC(OCCCl)CC1. The summed E-state index contributed by atoms with van der Waals surface area (Å²) in [7, 11) is 0. The molecule has 0 aromatic heterocycles. The van der Waals surface area contributed by atoms with E-state index in [0.29, 0.717) is 25.1 Å². The van der Waals surface area contributed by atoms with Gasteiger partial charge in [-0.1, -0.05) is 15.9 Å². The maximum atomic E-state index is 13.7. The molecular weight excluding hydrogens is 333 g/mol. The summed E-state index contributed by atoms with van der Waals surface area (Å²) in [4.78, 5) is 2.27. The first-order valence-corrected chi connectivity index (χ1v) is 7.85. The topological polar surface area (TPSA) is 12.5 Å². The zero-order valence-electron chi connectivity index (χ0n) is 10.7. The van der Waals surface area contributed by atoms with Crippen LogP contribution in [0.1, 0.15) is 18.4 Å². The third-order valence-corrected chi connectivity index (χ3v) is 4.01. The van der Waals surface area contributed by atoms with Crippen molar-refractivity contribution in [3.8, 4) is 0 Å².